The van der Waals surface area contributed by atoms with Gasteiger partial charge in [-0.3, -0.25) is 0 Å². The molecule has 5 heteroatoms. The number of hydrogen-bond donors (Lipinski definition) is 2. The van der Waals surface area contributed by atoms with Crippen LogP contribution in [-0.4, -0.2) is 20.7 Å². The van der Waals surface area contributed by atoms with Crippen LogP contribution in [0.15, 0.2) is 24.8 Å². The highest BCUT2D eigenvalue weighted by atomic mass is 32.2. The van der Waals surface area contributed by atoms with Crippen molar-refractivity contribution >= 4 is 10.0 Å². The molecule has 0 aliphatic heterocycles. The van der Waals surface area contributed by atoms with E-state index in [1.54, 1.807) is 12.2 Å². The first kappa shape index (κ1) is 13.4. The minimum Gasteiger partial charge on any atom is -0.330 e. The number of hydrogen-bond acceptors (Lipinski definition) is 3. The molecule has 14 heavy (non-hydrogen) atoms. The molecule has 1 atom stereocenters. The van der Waals surface area contributed by atoms with Crippen LogP contribution in [0.5, 0.6) is 0 Å². The summed E-state index contributed by atoms with van der Waals surface area (Å²) in [6.45, 7) is 4.20. The molecule has 0 aliphatic carbocycles. The Labute approximate surface area is 85.7 Å². The van der Waals surface area contributed by atoms with Crippen LogP contribution < -0.4 is 10.9 Å². The van der Waals surface area contributed by atoms with Crippen molar-refractivity contribution in [2.45, 2.75) is 12.8 Å². The van der Waals surface area contributed by atoms with Crippen LogP contribution in [0.4, 0.5) is 0 Å². The van der Waals surface area contributed by atoms with E-state index in [1.165, 1.54) is 0 Å². The summed E-state index contributed by atoms with van der Waals surface area (Å²) in [5.74, 6) is 0.143. The van der Waals surface area contributed by atoms with Crippen molar-refractivity contribution in [2.75, 3.05) is 12.3 Å². The monoisotopic (exact) mass is 218 g/mol. The van der Waals surface area contributed by atoms with Crippen molar-refractivity contribution in [3.05, 3.63) is 24.8 Å². The molecule has 0 radical (unpaired) electrons. The molecule has 0 rings (SSSR count). The van der Waals surface area contributed by atoms with E-state index >= 15 is 0 Å². The third kappa shape index (κ3) is 7.97. The average Bonchev–Trinajstić information content (AvgIpc) is 2.02. The molecule has 0 aromatic heterocycles. The Balaban J connectivity index is 4.07. The third-order valence-corrected chi connectivity index (χ3v) is 2.40. The van der Waals surface area contributed by atoms with Gasteiger partial charge in [0.05, 0.1) is 5.75 Å². The van der Waals surface area contributed by atoms with Gasteiger partial charge < -0.3 is 5.73 Å². The maximum Gasteiger partial charge on any atom is 0.212 e. The van der Waals surface area contributed by atoms with E-state index in [-0.39, 0.29) is 11.7 Å². The van der Waals surface area contributed by atoms with E-state index in [0.717, 1.165) is 12.8 Å². The average molecular weight is 218 g/mol. The van der Waals surface area contributed by atoms with E-state index in [9.17, 15) is 8.42 Å². The van der Waals surface area contributed by atoms with Crippen molar-refractivity contribution in [1.29, 1.82) is 0 Å². The van der Waals surface area contributed by atoms with Gasteiger partial charge in [0, 0.05) is 0 Å². The maximum atomic E-state index is 10.6. The standard InChI is InChI=1S/C9H18N2O2S/c1-2-4-9(6-7-10)5-3-8-14(11,12)13/h2-3,5,9H,1,4,6-8,10H2,(H2,11,12,13)/b5-3-. The van der Waals surface area contributed by atoms with Gasteiger partial charge in [-0.25, -0.2) is 13.6 Å². The molecule has 0 fully saturated rings. The number of primary sulfonamides is 1. The molecule has 0 heterocycles. The molecule has 0 saturated carbocycles. The predicted molar refractivity (Wildman–Crippen MR) is 59.1 cm³/mol. The fraction of sp³-hybridized carbons (Fsp3) is 0.556. The van der Waals surface area contributed by atoms with Gasteiger partial charge in [-0.05, 0) is 25.3 Å². The van der Waals surface area contributed by atoms with Gasteiger partial charge in [-0.15, -0.1) is 6.58 Å². The van der Waals surface area contributed by atoms with E-state index in [0.29, 0.717) is 6.54 Å². The maximum absolute atomic E-state index is 10.6. The van der Waals surface area contributed by atoms with Crippen LogP contribution in [0.1, 0.15) is 12.8 Å². The Bertz CT molecular complexity index is 283. The zero-order chi connectivity index (χ0) is 11.0. The highest BCUT2D eigenvalue weighted by Crippen LogP contribution is 2.09. The van der Waals surface area contributed by atoms with Crippen LogP contribution in [0, 0.1) is 5.92 Å². The molecule has 82 valence electrons. The van der Waals surface area contributed by atoms with Crippen LogP contribution in [-0.2, 0) is 10.0 Å². The van der Waals surface area contributed by atoms with Gasteiger partial charge >= 0.3 is 0 Å². The van der Waals surface area contributed by atoms with Gasteiger partial charge in [-0.2, -0.15) is 0 Å². The zero-order valence-electron chi connectivity index (χ0n) is 8.22. The lowest BCUT2D eigenvalue weighted by Crippen LogP contribution is -2.15. The predicted octanol–water partition coefficient (Wildman–Crippen LogP) is 0.372. The quantitative estimate of drug-likeness (QED) is 0.605. The number of sulfonamides is 1. The van der Waals surface area contributed by atoms with Gasteiger partial charge in [0.15, 0.2) is 0 Å². The fourth-order valence-corrected chi connectivity index (χ4v) is 1.48. The SMILES string of the molecule is C=CCC(/C=C\CS(N)(=O)=O)CCN. The molecule has 0 aromatic carbocycles. The normalized spacial score (nSPS) is 14.4. The van der Waals surface area contributed by atoms with E-state index in [1.807, 2.05) is 6.08 Å². The Morgan fingerprint density at radius 2 is 2.07 bits per heavy atom. The summed E-state index contributed by atoms with van der Waals surface area (Å²) in [5, 5.41) is 4.85. The number of allylic oxidation sites excluding steroid dienone is 2. The molecule has 4 N–H and O–H groups in total. The highest BCUT2D eigenvalue weighted by molar-refractivity contribution is 7.89. The van der Waals surface area contributed by atoms with Crippen molar-refractivity contribution < 1.29 is 8.42 Å². The van der Waals surface area contributed by atoms with Crippen molar-refractivity contribution in [2.24, 2.45) is 16.8 Å². The van der Waals surface area contributed by atoms with Crippen molar-refractivity contribution in [3.63, 3.8) is 0 Å². The molecule has 0 bridgehead atoms. The minimum absolute atomic E-state index is 0.120. The van der Waals surface area contributed by atoms with E-state index in [4.69, 9.17) is 10.9 Å². The van der Waals surface area contributed by atoms with Gasteiger partial charge in [0.2, 0.25) is 10.0 Å². The molecule has 0 spiro atoms. The zero-order valence-corrected chi connectivity index (χ0v) is 9.04. The van der Waals surface area contributed by atoms with Gasteiger partial charge in [-0.1, -0.05) is 18.2 Å². The van der Waals surface area contributed by atoms with Crippen LogP contribution >= 0.6 is 0 Å². The second kappa shape index (κ2) is 6.75. The molecule has 0 amide bonds. The molecule has 0 aromatic rings. The Kier molecular flexibility index (Phi) is 6.44. The summed E-state index contributed by atoms with van der Waals surface area (Å²) < 4.78 is 21.2. The second-order valence-corrected chi connectivity index (χ2v) is 4.78. The lowest BCUT2D eigenvalue weighted by Gasteiger charge is -2.07. The molecular formula is C9H18N2O2S. The Morgan fingerprint density at radius 1 is 1.43 bits per heavy atom. The largest absolute Gasteiger partial charge is 0.330 e. The summed E-state index contributed by atoms with van der Waals surface area (Å²) in [7, 11) is -3.39. The first-order chi connectivity index (χ1) is 6.49. The summed E-state index contributed by atoms with van der Waals surface area (Å²) in [5.41, 5.74) is 5.41. The fourth-order valence-electron chi connectivity index (χ4n) is 1.10. The number of rotatable bonds is 7. The summed E-state index contributed by atoms with van der Waals surface area (Å²) in [4.78, 5) is 0. The summed E-state index contributed by atoms with van der Waals surface area (Å²) in [6.07, 6.45) is 6.82. The molecule has 0 saturated heterocycles. The Morgan fingerprint density at radius 3 is 2.50 bits per heavy atom. The first-order valence-corrected chi connectivity index (χ1v) is 6.19. The van der Waals surface area contributed by atoms with Crippen LogP contribution in [0.3, 0.4) is 0 Å². The minimum atomic E-state index is -3.39. The smallest absolute Gasteiger partial charge is 0.212 e. The van der Waals surface area contributed by atoms with E-state index in [2.05, 4.69) is 6.58 Å². The van der Waals surface area contributed by atoms with Crippen molar-refractivity contribution in [1.82, 2.24) is 0 Å². The first-order valence-electron chi connectivity index (χ1n) is 4.47. The third-order valence-electron chi connectivity index (χ3n) is 1.74. The molecule has 4 nitrogen and oxygen atoms in total. The lowest BCUT2D eigenvalue weighted by molar-refractivity contribution is 0.598. The van der Waals surface area contributed by atoms with Gasteiger partial charge in [0.1, 0.15) is 0 Å². The summed E-state index contributed by atoms with van der Waals surface area (Å²) in [6, 6.07) is 0. The number of nitrogens with two attached hydrogens (primary N) is 2. The van der Waals surface area contributed by atoms with Crippen LogP contribution in [0.25, 0.3) is 0 Å². The van der Waals surface area contributed by atoms with Crippen molar-refractivity contribution in [3.8, 4) is 0 Å². The molecule has 1 unspecified atom stereocenters. The lowest BCUT2D eigenvalue weighted by atomic mass is 10.0. The topological polar surface area (TPSA) is 86.2 Å². The highest BCUT2D eigenvalue weighted by Gasteiger charge is 2.02. The Hall–Kier alpha value is -0.650. The molecule has 0 aliphatic rings. The van der Waals surface area contributed by atoms with Gasteiger partial charge in [0.25, 0.3) is 0 Å². The molecular weight excluding hydrogens is 200 g/mol. The second-order valence-electron chi connectivity index (χ2n) is 3.12. The van der Waals surface area contributed by atoms with Crippen LogP contribution in [0.2, 0.25) is 0 Å². The summed E-state index contributed by atoms with van der Waals surface area (Å²) >= 11 is 0. The van der Waals surface area contributed by atoms with E-state index < -0.39 is 10.0 Å².